The molecule has 0 spiro atoms. The van der Waals surface area contributed by atoms with Crippen LogP contribution in [0.4, 0.5) is 0 Å². The molecule has 6 nitrogen and oxygen atoms in total. The van der Waals surface area contributed by atoms with E-state index in [0.29, 0.717) is 6.04 Å². The number of hydrogen-bond acceptors (Lipinski definition) is 5. The number of carbonyl (C=O) groups is 2. The van der Waals surface area contributed by atoms with E-state index in [1.165, 1.54) is 0 Å². The van der Waals surface area contributed by atoms with Gasteiger partial charge in [-0.2, -0.15) is 0 Å². The molecule has 1 atom stereocenters. The maximum Gasteiger partial charge on any atom is 0.308 e. The van der Waals surface area contributed by atoms with Crippen LogP contribution in [0.5, 0.6) is 0 Å². The molecule has 0 bridgehead atoms. The Balaban J connectivity index is 1.30. The molecule has 0 radical (unpaired) electrons. The topological polar surface area (TPSA) is 67.9 Å². The second kappa shape index (κ2) is 8.30. The molecule has 0 aromatic carbocycles. The molecule has 3 aliphatic rings. The second-order valence-corrected chi connectivity index (χ2v) is 7.48. The molecular formula is C18H30N2O4. The van der Waals surface area contributed by atoms with Crippen molar-refractivity contribution in [3.05, 3.63) is 0 Å². The molecule has 1 heterocycles. The first kappa shape index (κ1) is 17.7. The summed E-state index contributed by atoms with van der Waals surface area (Å²) in [6.45, 7) is 5.45. The van der Waals surface area contributed by atoms with Crippen LogP contribution >= 0.6 is 0 Å². The van der Waals surface area contributed by atoms with E-state index in [9.17, 15) is 9.59 Å². The Kier molecular flexibility index (Phi) is 6.11. The number of hydrogen-bond donors (Lipinski definition) is 1. The Labute approximate surface area is 144 Å². The molecule has 136 valence electrons. The van der Waals surface area contributed by atoms with Gasteiger partial charge in [-0.3, -0.25) is 14.5 Å². The molecule has 3 rings (SSSR count). The Morgan fingerprint density at radius 2 is 1.88 bits per heavy atom. The smallest absolute Gasteiger partial charge is 0.308 e. The summed E-state index contributed by atoms with van der Waals surface area (Å²) in [5.41, 5.74) is 0. The lowest BCUT2D eigenvalue weighted by Gasteiger charge is -2.43. The second-order valence-electron chi connectivity index (χ2n) is 7.48. The standard InChI is InChI=1S/C18H30N2O4/c1-13(19-18(22)14-4-2-3-5-14)10-17(21)24-16-11-15(12-16)20-6-8-23-9-7-20/h13-16H,2-12H2,1H3,(H,19,22)/t13-,15?,16?/m0/s1. The van der Waals surface area contributed by atoms with Crippen LogP contribution in [-0.2, 0) is 19.1 Å². The fourth-order valence-corrected chi connectivity index (χ4v) is 3.96. The molecule has 2 saturated carbocycles. The Bertz CT molecular complexity index is 438. The third kappa shape index (κ3) is 4.70. The van der Waals surface area contributed by atoms with E-state index in [0.717, 1.165) is 64.8 Å². The molecular weight excluding hydrogens is 308 g/mol. The lowest BCUT2D eigenvalue weighted by atomic mass is 9.87. The summed E-state index contributed by atoms with van der Waals surface area (Å²) in [5.74, 6) is 0.0489. The zero-order valence-electron chi connectivity index (χ0n) is 14.7. The largest absolute Gasteiger partial charge is 0.462 e. The van der Waals surface area contributed by atoms with Gasteiger partial charge in [-0.05, 0) is 19.8 Å². The minimum Gasteiger partial charge on any atom is -0.462 e. The Hall–Kier alpha value is -1.14. The van der Waals surface area contributed by atoms with Gasteiger partial charge >= 0.3 is 5.97 Å². The molecule has 1 amide bonds. The number of nitrogens with zero attached hydrogens (tertiary/aromatic N) is 1. The van der Waals surface area contributed by atoms with Gasteiger partial charge in [0.2, 0.25) is 5.91 Å². The summed E-state index contributed by atoms with van der Waals surface area (Å²) in [5, 5.41) is 2.96. The van der Waals surface area contributed by atoms with Crippen LogP contribution in [0.1, 0.15) is 51.9 Å². The summed E-state index contributed by atoms with van der Waals surface area (Å²) in [7, 11) is 0. The van der Waals surface area contributed by atoms with Gasteiger partial charge in [0.1, 0.15) is 6.10 Å². The average Bonchev–Trinajstić information content (AvgIpc) is 3.05. The van der Waals surface area contributed by atoms with E-state index in [4.69, 9.17) is 9.47 Å². The molecule has 1 N–H and O–H groups in total. The first-order valence-corrected chi connectivity index (χ1v) is 9.43. The molecule has 0 aromatic rings. The lowest BCUT2D eigenvalue weighted by Crippen LogP contribution is -2.52. The Morgan fingerprint density at radius 1 is 1.21 bits per heavy atom. The van der Waals surface area contributed by atoms with E-state index < -0.39 is 0 Å². The van der Waals surface area contributed by atoms with Crippen LogP contribution in [-0.4, -0.2) is 61.3 Å². The monoisotopic (exact) mass is 338 g/mol. The predicted molar refractivity (Wildman–Crippen MR) is 89.5 cm³/mol. The predicted octanol–water partition coefficient (Wildman–Crippen LogP) is 1.48. The average molecular weight is 338 g/mol. The van der Waals surface area contributed by atoms with Gasteiger partial charge in [0.15, 0.2) is 0 Å². The van der Waals surface area contributed by atoms with Crippen molar-refractivity contribution in [1.29, 1.82) is 0 Å². The minimum absolute atomic E-state index is 0.0445. The SMILES string of the molecule is C[C@@H](CC(=O)OC1CC(N2CCOCC2)C1)NC(=O)C1CCCC1. The number of nitrogens with one attached hydrogen (secondary N) is 1. The first-order chi connectivity index (χ1) is 11.6. The van der Waals surface area contributed by atoms with Crippen molar-refractivity contribution in [2.45, 2.75) is 70.1 Å². The third-order valence-corrected chi connectivity index (χ3v) is 5.52. The Morgan fingerprint density at radius 3 is 2.54 bits per heavy atom. The van der Waals surface area contributed by atoms with E-state index in [1.54, 1.807) is 0 Å². The number of morpholine rings is 1. The highest BCUT2D eigenvalue weighted by Gasteiger charge is 2.36. The fourth-order valence-electron chi connectivity index (χ4n) is 3.96. The van der Waals surface area contributed by atoms with E-state index in [-0.39, 0.29) is 36.4 Å². The van der Waals surface area contributed by atoms with E-state index in [1.807, 2.05) is 6.92 Å². The van der Waals surface area contributed by atoms with Gasteiger partial charge in [-0.25, -0.2) is 0 Å². The van der Waals surface area contributed by atoms with Gasteiger partial charge in [-0.1, -0.05) is 12.8 Å². The van der Waals surface area contributed by atoms with Crippen molar-refractivity contribution >= 4 is 11.9 Å². The van der Waals surface area contributed by atoms with Crippen molar-refractivity contribution in [2.24, 2.45) is 5.92 Å². The maximum atomic E-state index is 12.1. The maximum absolute atomic E-state index is 12.1. The zero-order valence-corrected chi connectivity index (χ0v) is 14.7. The molecule has 24 heavy (non-hydrogen) atoms. The van der Waals surface area contributed by atoms with Crippen molar-refractivity contribution < 1.29 is 19.1 Å². The highest BCUT2D eigenvalue weighted by atomic mass is 16.5. The van der Waals surface area contributed by atoms with Crippen LogP contribution in [0.3, 0.4) is 0 Å². The van der Waals surface area contributed by atoms with Gasteiger partial charge in [-0.15, -0.1) is 0 Å². The van der Waals surface area contributed by atoms with Crippen LogP contribution in [0, 0.1) is 5.92 Å². The molecule has 0 aromatic heterocycles. The summed E-state index contributed by atoms with van der Waals surface area (Å²) >= 11 is 0. The molecule has 2 aliphatic carbocycles. The molecule has 3 fully saturated rings. The summed E-state index contributed by atoms with van der Waals surface area (Å²) in [4.78, 5) is 26.5. The summed E-state index contributed by atoms with van der Waals surface area (Å²) < 4.78 is 10.9. The van der Waals surface area contributed by atoms with Crippen LogP contribution in [0.2, 0.25) is 0 Å². The first-order valence-electron chi connectivity index (χ1n) is 9.43. The van der Waals surface area contributed by atoms with E-state index in [2.05, 4.69) is 10.2 Å². The van der Waals surface area contributed by atoms with Gasteiger partial charge in [0.05, 0.1) is 19.6 Å². The van der Waals surface area contributed by atoms with Crippen molar-refractivity contribution in [1.82, 2.24) is 10.2 Å². The number of carbonyl (C=O) groups excluding carboxylic acids is 2. The van der Waals surface area contributed by atoms with Crippen LogP contribution < -0.4 is 5.32 Å². The molecule has 1 saturated heterocycles. The van der Waals surface area contributed by atoms with Gasteiger partial charge in [0, 0.05) is 43.9 Å². The number of ether oxygens (including phenoxy) is 2. The van der Waals surface area contributed by atoms with Crippen molar-refractivity contribution in [3.8, 4) is 0 Å². The summed E-state index contributed by atoms with van der Waals surface area (Å²) in [6, 6.07) is 0.381. The summed E-state index contributed by atoms with van der Waals surface area (Å²) in [6.07, 6.45) is 6.40. The fraction of sp³-hybridized carbons (Fsp3) is 0.889. The quantitative estimate of drug-likeness (QED) is 0.743. The highest BCUT2D eigenvalue weighted by molar-refractivity contribution is 5.80. The molecule has 1 aliphatic heterocycles. The number of amides is 1. The lowest BCUT2D eigenvalue weighted by molar-refractivity contribution is -0.158. The molecule has 0 unspecified atom stereocenters. The van der Waals surface area contributed by atoms with Gasteiger partial charge in [0.25, 0.3) is 0 Å². The van der Waals surface area contributed by atoms with Crippen LogP contribution in [0.25, 0.3) is 0 Å². The number of esters is 1. The highest BCUT2D eigenvalue weighted by Crippen LogP contribution is 2.29. The zero-order chi connectivity index (χ0) is 16.9. The van der Waals surface area contributed by atoms with Crippen molar-refractivity contribution in [3.63, 3.8) is 0 Å². The third-order valence-electron chi connectivity index (χ3n) is 5.52. The van der Waals surface area contributed by atoms with Gasteiger partial charge < -0.3 is 14.8 Å². The molecule has 6 heteroatoms. The normalized spacial score (nSPS) is 29.7. The van der Waals surface area contributed by atoms with Crippen molar-refractivity contribution in [2.75, 3.05) is 26.3 Å². The van der Waals surface area contributed by atoms with E-state index >= 15 is 0 Å². The number of rotatable bonds is 6. The van der Waals surface area contributed by atoms with Crippen LogP contribution in [0.15, 0.2) is 0 Å². The minimum atomic E-state index is -0.195.